The summed E-state index contributed by atoms with van der Waals surface area (Å²) >= 11 is 0. The van der Waals surface area contributed by atoms with Crippen LogP contribution in [0.1, 0.15) is 52.4 Å². The van der Waals surface area contributed by atoms with E-state index in [0.29, 0.717) is 13.0 Å². The molecular weight excluding hydrogens is 240 g/mol. The molecule has 1 saturated heterocycles. The maximum absolute atomic E-state index is 11.2. The summed E-state index contributed by atoms with van der Waals surface area (Å²) in [7, 11) is 0. The van der Waals surface area contributed by atoms with Gasteiger partial charge in [-0.2, -0.15) is 0 Å². The van der Waals surface area contributed by atoms with Gasteiger partial charge in [0.2, 0.25) is 0 Å². The molecule has 4 heteroatoms. The van der Waals surface area contributed by atoms with Crippen molar-refractivity contribution in [1.29, 1.82) is 0 Å². The van der Waals surface area contributed by atoms with Gasteiger partial charge in [-0.1, -0.05) is 13.3 Å². The maximum atomic E-state index is 11.2. The van der Waals surface area contributed by atoms with Crippen molar-refractivity contribution < 1.29 is 9.53 Å². The third kappa shape index (κ3) is 6.92. The highest BCUT2D eigenvalue weighted by Gasteiger charge is 2.18. The van der Waals surface area contributed by atoms with Crippen molar-refractivity contribution in [3.05, 3.63) is 0 Å². The van der Waals surface area contributed by atoms with Crippen molar-refractivity contribution in [3.8, 4) is 0 Å². The van der Waals surface area contributed by atoms with E-state index in [1.54, 1.807) is 0 Å². The van der Waals surface area contributed by atoms with E-state index in [-0.39, 0.29) is 5.97 Å². The molecule has 0 spiro atoms. The van der Waals surface area contributed by atoms with Crippen molar-refractivity contribution in [2.75, 3.05) is 32.8 Å². The molecule has 1 N–H and O–H groups in total. The van der Waals surface area contributed by atoms with E-state index in [4.69, 9.17) is 4.74 Å². The molecule has 0 atom stereocenters. The molecule has 0 radical (unpaired) electrons. The largest absolute Gasteiger partial charge is 0.466 e. The average molecular weight is 270 g/mol. The van der Waals surface area contributed by atoms with Crippen LogP contribution >= 0.6 is 0 Å². The van der Waals surface area contributed by atoms with Crippen LogP contribution < -0.4 is 5.32 Å². The van der Waals surface area contributed by atoms with Crippen molar-refractivity contribution in [1.82, 2.24) is 10.2 Å². The lowest BCUT2D eigenvalue weighted by Gasteiger charge is -2.33. The highest BCUT2D eigenvalue weighted by atomic mass is 16.5. The number of rotatable bonds is 9. The van der Waals surface area contributed by atoms with Gasteiger partial charge in [0.05, 0.1) is 6.61 Å². The summed E-state index contributed by atoms with van der Waals surface area (Å²) in [4.78, 5) is 13.8. The van der Waals surface area contributed by atoms with Crippen molar-refractivity contribution in [3.63, 3.8) is 0 Å². The van der Waals surface area contributed by atoms with Crippen molar-refractivity contribution >= 4 is 5.97 Å². The zero-order valence-electron chi connectivity index (χ0n) is 12.6. The number of ether oxygens (including phenoxy) is 1. The van der Waals surface area contributed by atoms with Gasteiger partial charge in [-0.05, 0) is 58.8 Å². The molecule has 0 aliphatic carbocycles. The van der Waals surface area contributed by atoms with Crippen LogP contribution in [0.5, 0.6) is 0 Å². The molecule has 4 nitrogen and oxygen atoms in total. The number of esters is 1. The van der Waals surface area contributed by atoms with E-state index in [1.165, 1.54) is 25.8 Å². The molecule has 0 bridgehead atoms. The van der Waals surface area contributed by atoms with Crippen LogP contribution in [-0.2, 0) is 9.53 Å². The van der Waals surface area contributed by atoms with Crippen LogP contribution in [0.3, 0.4) is 0 Å². The van der Waals surface area contributed by atoms with Gasteiger partial charge in [0.1, 0.15) is 0 Å². The molecule has 1 fully saturated rings. The first-order valence-corrected chi connectivity index (χ1v) is 7.88. The number of nitrogens with one attached hydrogen (secondary N) is 1. The lowest BCUT2D eigenvalue weighted by atomic mass is 10.0. The number of carbonyl (C=O) groups excluding carboxylic acids is 1. The average Bonchev–Trinajstić information content (AvgIpc) is 2.44. The van der Waals surface area contributed by atoms with E-state index >= 15 is 0 Å². The summed E-state index contributed by atoms with van der Waals surface area (Å²) in [5, 5.41) is 3.42. The van der Waals surface area contributed by atoms with E-state index < -0.39 is 0 Å². The molecule has 0 amide bonds. The Kier molecular flexibility index (Phi) is 8.84. The number of hydrogen-bond acceptors (Lipinski definition) is 4. The lowest BCUT2D eigenvalue weighted by Crippen LogP contribution is -2.43. The van der Waals surface area contributed by atoms with E-state index in [0.717, 1.165) is 38.5 Å². The number of hydrogen-bond donors (Lipinski definition) is 1. The summed E-state index contributed by atoms with van der Waals surface area (Å²) in [6, 6.07) is 0.760. The number of unbranched alkanes of at least 4 members (excludes halogenated alkanes) is 2. The fourth-order valence-electron chi connectivity index (χ4n) is 2.76. The molecule has 0 unspecified atom stereocenters. The minimum absolute atomic E-state index is 0.0480. The molecule has 19 heavy (non-hydrogen) atoms. The molecule has 0 saturated carbocycles. The van der Waals surface area contributed by atoms with E-state index in [1.807, 2.05) is 6.92 Å². The molecule has 0 aromatic rings. The summed E-state index contributed by atoms with van der Waals surface area (Å²) in [6.45, 7) is 9.23. The van der Waals surface area contributed by atoms with E-state index in [2.05, 4.69) is 17.1 Å². The van der Waals surface area contributed by atoms with Crippen LogP contribution in [0.4, 0.5) is 0 Å². The summed E-state index contributed by atoms with van der Waals surface area (Å²) < 4.78 is 4.93. The highest BCUT2D eigenvalue weighted by Crippen LogP contribution is 2.13. The SMILES string of the molecule is CCOC(=O)CCCCCN(CC)C1CCNCC1. The smallest absolute Gasteiger partial charge is 0.305 e. The van der Waals surface area contributed by atoms with Gasteiger partial charge in [-0.15, -0.1) is 0 Å². The Morgan fingerprint density at radius 1 is 1.21 bits per heavy atom. The Hall–Kier alpha value is -0.610. The third-order valence-corrected chi connectivity index (χ3v) is 3.86. The molecule has 1 aliphatic heterocycles. The predicted octanol–water partition coefficient (Wildman–Crippen LogP) is 2.18. The zero-order chi connectivity index (χ0) is 13.9. The van der Waals surface area contributed by atoms with Gasteiger partial charge < -0.3 is 15.0 Å². The van der Waals surface area contributed by atoms with Gasteiger partial charge in [0.25, 0.3) is 0 Å². The van der Waals surface area contributed by atoms with Gasteiger partial charge in [-0.3, -0.25) is 4.79 Å². The van der Waals surface area contributed by atoms with Crippen molar-refractivity contribution in [2.24, 2.45) is 0 Å². The zero-order valence-corrected chi connectivity index (χ0v) is 12.6. The van der Waals surface area contributed by atoms with Crippen LogP contribution in [0.25, 0.3) is 0 Å². The second-order valence-corrected chi connectivity index (χ2v) is 5.23. The summed E-state index contributed by atoms with van der Waals surface area (Å²) in [6.07, 6.45) is 6.40. The second kappa shape index (κ2) is 10.2. The monoisotopic (exact) mass is 270 g/mol. The molecule has 1 rings (SSSR count). The Labute approximate surface area is 117 Å². The first-order valence-electron chi connectivity index (χ1n) is 7.88. The molecule has 1 aliphatic rings. The first kappa shape index (κ1) is 16.4. The molecule has 1 heterocycles. The minimum atomic E-state index is -0.0480. The van der Waals surface area contributed by atoms with Gasteiger partial charge >= 0.3 is 5.97 Å². The molecule has 0 aromatic heterocycles. The minimum Gasteiger partial charge on any atom is -0.466 e. The number of piperidine rings is 1. The number of carbonyl (C=O) groups is 1. The Balaban J connectivity index is 2.07. The van der Waals surface area contributed by atoms with Gasteiger partial charge in [0.15, 0.2) is 0 Å². The van der Waals surface area contributed by atoms with Gasteiger partial charge in [-0.25, -0.2) is 0 Å². The van der Waals surface area contributed by atoms with E-state index in [9.17, 15) is 4.79 Å². The topological polar surface area (TPSA) is 41.6 Å². The Morgan fingerprint density at radius 3 is 2.58 bits per heavy atom. The fraction of sp³-hybridized carbons (Fsp3) is 0.933. The summed E-state index contributed by atoms with van der Waals surface area (Å²) in [5.41, 5.74) is 0. The van der Waals surface area contributed by atoms with Crippen molar-refractivity contribution in [2.45, 2.75) is 58.4 Å². The molecule has 0 aromatic carbocycles. The molecular formula is C15H30N2O2. The first-order chi connectivity index (χ1) is 9.27. The quantitative estimate of drug-likeness (QED) is 0.515. The Bertz CT molecular complexity index is 240. The normalized spacial score (nSPS) is 16.8. The number of nitrogens with zero attached hydrogens (tertiary/aromatic N) is 1. The van der Waals surface area contributed by atoms with Crippen LogP contribution in [0.2, 0.25) is 0 Å². The standard InChI is InChI=1S/C15H30N2O2/c1-3-17(14-9-11-16-12-10-14)13-7-5-6-8-15(18)19-4-2/h14,16H,3-13H2,1-2H3. The third-order valence-electron chi connectivity index (χ3n) is 3.86. The van der Waals surface area contributed by atoms with Crippen LogP contribution in [0.15, 0.2) is 0 Å². The van der Waals surface area contributed by atoms with Crippen LogP contribution in [-0.4, -0.2) is 49.7 Å². The molecule has 112 valence electrons. The lowest BCUT2D eigenvalue weighted by molar-refractivity contribution is -0.143. The summed E-state index contributed by atoms with van der Waals surface area (Å²) in [5.74, 6) is -0.0480. The second-order valence-electron chi connectivity index (χ2n) is 5.23. The fourth-order valence-corrected chi connectivity index (χ4v) is 2.76. The van der Waals surface area contributed by atoms with Crippen LogP contribution in [0, 0.1) is 0 Å². The highest BCUT2D eigenvalue weighted by molar-refractivity contribution is 5.69. The maximum Gasteiger partial charge on any atom is 0.305 e. The Morgan fingerprint density at radius 2 is 1.95 bits per heavy atom. The van der Waals surface area contributed by atoms with Gasteiger partial charge in [0, 0.05) is 12.5 Å². The predicted molar refractivity (Wildman–Crippen MR) is 78.2 cm³/mol.